The van der Waals surface area contributed by atoms with Crippen molar-refractivity contribution in [3.8, 4) is 0 Å². The SMILES string of the molecule is COC(=O)C(CC=Cc1cc(Cl)cc(Cl)c1)N(CCC(C)C)C(=O)OC. The molecule has 0 bridgehead atoms. The van der Waals surface area contributed by atoms with E-state index in [1.807, 2.05) is 13.8 Å². The van der Waals surface area contributed by atoms with Gasteiger partial charge in [0.15, 0.2) is 0 Å². The number of amides is 1. The van der Waals surface area contributed by atoms with Crippen LogP contribution in [0.25, 0.3) is 6.08 Å². The number of halogens is 2. The molecular formula is C19H25Cl2NO4. The third-order valence-electron chi connectivity index (χ3n) is 3.76. The molecule has 1 rings (SSSR count). The molecule has 0 aliphatic rings. The van der Waals surface area contributed by atoms with Gasteiger partial charge < -0.3 is 9.47 Å². The van der Waals surface area contributed by atoms with Crippen molar-refractivity contribution in [1.29, 1.82) is 0 Å². The first kappa shape index (κ1) is 22.3. The Hall–Kier alpha value is -1.72. The number of rotatable bonds is 8. The molecular weight excluding hydrogens is 377 g/mol. The monoisotopic (exact) mass is 401 g/mol. The highest BCUT2D eigenvalue weighted by Gasteiger charge is 2.30. The fourth-order valence-electron chi connectivity index (χ4n) is 2.38. The number of carbonyl (C=O) groups excluding carboxylic acids is 2. The van der Waals surface area contributed by atoms with Crippen molar-refractivity contribution in [2.24, 2.45) is 5.92 Å². The average Bonchev–Trinajstić information content (AvgIpc) is 2.58. The average molecular weight is 402 g/mol. The highest BCUT2D eigenvalue weighted by Crippen LogP contribution is 2.20. The Morgan fingerprint density at radius 3 is 2.23 bits per heavy atom. The molecule has 0 saturated heterocycles. The van der Waals surface area contributed by atoms with E-state index in [0.717, 1.165) is 12.0 Å². The number of carbonyl (C=O) groups is 2. The zero-order valence-electron chi connectivity index (χ0n) is 15.5. The third kappa shape index (κ3) is 7.26. The number of benzene rings is 1. The van der Waals surface area contributed by atoms with Crippen LogP contribution in [0.15, 0.2) is 24.3 Å². The van der Waals surface area contributed by atoms with Gasteiger partial charge >= 0.3 is 12.1 Å². The predicted molar refractivity (Wildman–Crippen MR) is 104 cm³/mol. The molecule has 7 heteroatoms. The van der Waals surface area contributed by atoms with E-state index in [0.29, 0.717) is 22.5 Å². The lowest BCUT2D eigenvalue weighted by atomic mass is 10.1. The summed E-state index contributed by atoms with van der Waals surface area (Å²) in [5, 5.41) is 1.05. The van der Waals surface area contributed by atoms with E-state index in [1.54, 1.807) is 30.4 Å². The molecule has 1 unspecified atom stereocenters. The van der Waals surface area contributed by atoms with Gasteiger partial charge in [0.25, 0.3) is 0 Å². The molecule has 0 fully saturated rings. The maximum Gasteiger partial charge on any atom is 0.410 e. The quantitative estimate of drug-likeness (QED) is 0.571. The lowest BCUT2D eigenvalue weighted by Crippen LogP contribution is -2.46. The summed E-state index contributed by atoms with van der Waals surface area (Å²) in [6.45, 7) is 4.50. The van der Waals surface area contributed by atoms with Gasteiger partial charge in [-0.25, -0.2) is 9.59 Å². The van der Waals surface area contributed by atoms with Crippen LogP contribution >= 0.6 is 23.2 Å². The van der Waals surface area contributed by atoms with Crippen LogP contribution in [0.2, 0.25) is 10.0 Å². The number of ether oxygens (including phenoxy) is 2. The lowest BCUT2D eigenvalue weighted by Gasteiger charge is -2.28. The first-order chi connectivity index (χ1) is 12.3. The normalized spacial score (nSPS) is 12.3. The summed E-state index contributed by atoms with van der Waals surface area (Å²) in [4.78, 5) is 25.8. The maximum absolute atomic E-state index is 12.2. The Kier molecular flexibility index (Phi) is 9.52. The molecule has 0 spiro atoms. The number of hydrogen-bond donors (Lipinski definition) is 0. The van der Waals surface area contributed by atoms with Crippen LogP contribution in [0, 0.1) is 5.92 Å². The van der Waals surface area contributed by atoms with Crippen LogP contribution < -0.4 is 0 Å². The van der Waals surface area contributed by atoms with E-state index >= 15 is 0 Å². The van der Waals surface area contributed by atoms with Crippen molar-refractivity contribution in [2.75, 3.05) is 20.8 Å². The second-order valence-electron chi connectivity index (χ2n) is 6.23. The zero-order chi connectivity index (χ0) is 19.7. The topological polar surface area (TPSA) is 55.8 Å². The lowest BCUT2D eigenvalue weighted by molar-refractivity contribution is -0.146. The summed E-state index contributed by atoms with van der Waals surface area (Å²) in [6.07, 6.45) is 4.06. The summed E-state index contributed by atoms with van der Waals surface area (Å²) in [6, 6.07) is 4.39. The number of nitrogens with zero attached hydrogens (tertiary/aromatic N) is 1. The summed E-state index contributed by atoms with van der Waals surface area (Å²) in [5.74, 6) is -0.113. The summed E-state index contributed by atoms with van der Waals surface area (Å²) < 4.78 is 9.71. The van der Waals surface area contributed by atoms with Gasteiger partial charge in [0, 0.05) is 16.6 Å². The van der Waals surface area contributed by atoms with Crippen LogP contribution in [-0.2, 0) is 14.3 Å². The van der Waals surface area contributed by atoms with Crippen LogP contribution in [0.3, 0.4) is 0 Å². The Bertz CT molecular complexity index is 626. The minimum absolute atomic E-state index is 0.282. The van der Waals surface area contributed by atoms with Crippen LogP contribution in [0.4, 0.5) is 4.79 Å². The molecule has 26 heavy (non-hydrogen) atoms. The highest BCUT2D eigenvalue weighted by atomic mass is 35.5. The minimum Gasteiger partial charge on any atom is -0.467 e. The van der Waals surface area contributed by atoms with Gasteiger partial charge in [-0.05, 0) is 42.5 Å². The Labute approximate surface area is 164 Å². The van der Waals surface area contributed by atoms with Crippen LogP contribution in [0.1, 0.15) is 32.3 Å². The summed E-state index contributed by atoms with van der Waals surface area (Å²) >= 11 is 12.0. The summed E-state index contributed by atoms with van der Waals surface area (Å²) in [5.41, 5.74) is 0.804. The first-order valence-electron chi connectivity index (χ1n) is 8.33. The fraction of sp³-hybridized carbons (Fsp3) is 0.474. The van der Waals surface area contributed by atoms with Gasteiger partial charge in [0.1, 0.15) is 6.04 Å². The number of methoxy groups -OCH3 is 2. The van der Waals surface area contributed by atoms with Crippen LogP contribution in [0.5, 0.6) is 0 Å². The molecule has 5 nitrogen and oxygen atoms in total. The maximum atomic E-state index is 12.2. The Morgan fingerprint density at radius 2 is 1.73 bits per heavy atom. The molecule has 0 aliphatic carbocycles. The van der Waals surface area contributed by atoms with Crippen molar-refractivity contribution >= 4 is 41.3 Å². The molecule has 0 radical (unpaired) electrons. The second kappa shape index (κ2) is 11.1. The number of hydrogen-bond acceptors (Lipinski definition) is 4. The summed E-state index contributed by atoms with van der Waals surface area (Å²) in [7, 11) is 2.59. The largest absolute Gasteiger partial charge is 0.467 e. The predicted octanol–water partition coefficient (Wildman–Crippen LogP) is 5.05. The molecule has 0 heterocycles. The second-order valence-corrected chi connectivity index (χ2v) is 7.10. The van der Waals surface area contributed by atoms with E-state index < -0.39 is 18.1 Å². The standard InChI is InChI=1S/C19H25Cl2NO4/c1-13(2)8-9-22(19(24)26-4)17(18(23)25-3)7-5-6-14-10-15(20)12-16(21)11-14/h5-6,10-13,17H,7-9H2,1-4H3. The molecule has 0 aromatic heterocycles. The van der Waals surface area contributed by atoms with Crippen molar-refractivity contribution in [3.63, 3.8) is 0 Å². The van der Waals surface area contributed by atoms with Gasteiger partial charge in [0.2, 0.25) is 0 Å². The third-order valence-corrected chi connectivity index (χ3v) is 4.20. The van der Waals surface area contributed by atoms with Crippen molar-refractivity contribution in [1.82, 2.24) is 4.90 Å². The molecule has 144 valence electrons. The van der Waals surface area contributed by atoms with E-state index in [1.165, 1.54) is 19.1 Å². The molecule has 1 atom stereocenters. The van der Waals surface area contributed by atoms with Gasteiger partial charge in [-0.2, -0.15) is 0 Å². The smallest absolute Gasteiger partial charge is 0.410 e. The molecule has 0 N–H and O–H groups in total. The van der Waals surface area contributed by atoms with Gasteiger partial charge in [-0.3, -0.25) is 4.90 Å². The molecule has 0 aliphatic heterocycles. The minimum atomic E-state index is -0.767. The van der Waals surface area contributed by atoms with Gasteiger partial charge in [-0.1, -0.05) is 49.2 Å². The number of esters is 1. The van der Waals surface area contributed by atoms with E-state index in [2.05, 4.69) is 0 Å². The van der Waals surface area contributed by atoms with Gasteiger partial charge in [-0.15, -0.1) is 0 Å². The molecule has 0 saturated carbocycles. The molecule has 1 amide bonds. The molecule has 1 aromatic rings. The first-order valence-corrected chi connectivity index (χ1v) is 9.09. The van der Waals surface area contributed by atoms with Crippen LogP contribution in [-0.4, -0.2) is 43.8 Å². The fourth-order valence-corrected chi connectivity index (χ4v) is 2.92. The van der Waals surface area contributed by atoms with Crippen molar-refractivity contribution < 1.29 is 19.1 Å². The highest BCUT2D eigenvalue weighted by molar-refractivity contribution is 6.34. The zero-order valence-corrected chi connectivity index (χ0v) is 17.0. The Morgan fingerprint density at radius 1 is 1.12 bits per heavy atom. The van der Waals surface area contributed by atoms with E-state index in [9.17, 15) is 9.59 Å². The molecule has 1 aromatic carbocycles. The van der Waals surface area contributed by atoms with E-state index in [-0.39, 0.29) is 6.42 Å². The van der Waals surface area contributed by atoms with Gasteiger partial charge in [0.05, 0.1) is 14.2 Å². The van der Waals surface area contributed by atoms with E-state index in [4.69, 9.17) is 32.7 Å². The van der Waals surface area contributed by atoms with Crippen molar-refractivity contribution in [2.45, 2.75) is 32.7 Å². The Balaban J connectivity index is 2.97. The van der Waals surface area contributed by atoms with Crippen molar-refractivity contribution in [3.05, 3.63) is 39.9 Å².